The van der Waals surface area contributed by atoms with E-state index < -0.39 is 0 Å². The van der Waals surface area contributed by atoms with Crippen LogP contribution in [0.15, 0.2) is 0 Å². The first-order valence-corrected chi connectivity index (χ1v) is 7.49. The molecule has 2 aliphatic heterocycles. The van der Waals surface area contributed by atoms with Crippen molar-refractivity contribution in [3.05, 3.63) is 0 Å². The minimum absolute atomic E-state index is 0.561. The largest absolute Gasteiger partial charge is 0.378 e. The zero-order chi connectivity index (χ0) is 11.5. The molecule has 2 atom stereocenters. The number of nitrogens with one attached hydrogen (secondary N) is 1. The maximum absolute atomic E-state index is 5.72. The van der Waals surface area contributed by atoms with Gasteiger partial charge < -0.3 is 15.0 Å². The third kappa shape index (κ3) is 3.43. The second kappa shape index (κ2) is 5.68. The third-order valence-corrected chi connectivity index (χ3v) is 4.49. The molecule has 2 saturated heterocycles. The van der Waals surface area contributed by atoms with Gasteiger partial charge in [-0.2, -0.15) is 0 Å². The lowest BCUT2D eigenvalue weighted by Gasteiger charge is -2.25. The van der Waals surface area contributed by atoms with E-state index in [4.69, 9.17) is 4.74 Å². The summed E-state index contributed by atoms with van der Waals surface area (Å²) in [5.41, 5.74) is 0. The van der Waals surface area contributed by atoms with E-state index in [-0.39, 0.29) is 0 Å². The fourth-order valence-electron chi connectivity index (χ4n) is 3.24. The Morgan fingerprint density at radius 3 is 2.88 bits per heavy atom. The van der Waals surface area contributed by atoms with Gasteiger partial charge in [-0.3, -0.25) is 0 Å². The number of nitrogens with zero attached hydrogens (tertiary/aromatic N) is 1. The van der Waals surface area contributed by atoms with E-state index in [9.17, 15) is 0 Å². The molecule has 1 N–H and O–H groups in total. The Morgan fingerprint density at radius 2 is 2.12 bits per heavy atom. The SMILES string of the molecule is C1COC(CCN2CCCNC(C3CC3)C2)C1. The highest BCUT2D eigenvalue weighted by molar-refractivity contribution is 4.90. The molecule has 17 heavy (non-hydrogen) atoms. The molecule has 3 aliphatic rings. The zero-order valence-corrected chi connectivity index (χ0v) is 10.9. The van der Waals surface area contributed by atoms with Gasteiger partial charge in [-0.05, 0) is 57.5 Å². The van der Waals surface area contributed by atoms with Gasteiger partial charge in [-0.1, -0.05) is 0 Å². The lowest BCUT2D eigenvalue weighted by atomic mass is 10.1. The van der Waals surface area contributed by atoms with Gasteiger partial charge >= 0.3 is 0 Å². The van der Waals surface area contributed by atoms with Gasteiger partial charge in [0.1, 0.15) is 0 Å². The number of hydrogen-bond donors (Lipinski definition) is 1. The Bertz CT molecular complexity index is 236. The molecule has 0 aromatic rings. The number of hydrogen-bond acceptors (Lipinski definition) is 3. The molecular weight excluding hydrogens is 212 g/mol. The maximum atomic E-state index is 5.72. The first kappa shape index (κ1) is 11.9. The molecule has 0 aromatic carbocycles. The van der Waals surface area contributed by atoms with Gasteiger partial charge in [0.05, 0.1) is 6.10 Å². The van der Waals surface area contributed by atoms with Crippen molar-refractivity contribution in [1.29, 1.82) is 0 Å². The van der Waals surface area contributed by atoms with E-state index in [0.717, 1.165) is 18.6 Å². The minimum Gasteiger partial charge on any atom is -0.378 e. The van der Waals surface area contributed by atoms with Gasteiger partial charge in [0.25, 0.3) is 0 Å². The summed E-state index contributed by atoms with van der Waals surface area (Å²) in [4.78, 5) is 2.67. The Morgan fingerprint density at radius 1 is 1.18 bits per heavy atom. The standard InChI is InChI=1S/C14H26N2O/c1-3-13(17-10-1)6-9-16-8-2-7-15-14(11-16)12-4-5-12/h12-15H,1-11H2. The highest BCUT2D eigenvalue weighted by atomic mass is 16.5. The minimum atomic E-state index is 0.561. The van der Waals surface area contributed by atoms with Crippen LogP contribution in [0.5, 0.6) is 0 Å². The zero-order valence-electron chi connectivity index (χ0n) is 10.9. The molecule has 0 bridgehead atoms. The van der Waals surface area contributed by atoms with Crippen molar-refractivity contribution in [2.75, 3.05) is 32.8 Å². The second-order valence-electron chi connectivity index (χ2n) is 5.98. The van der Waals surface area contributed by atoms with Crippen molar-refractivity contribution in [1.82, 2.24) is 10.2 Å². The molecule has 1 aliphatic carbocycles. The van der Waals surface area contributed by atoms with Gasteiger partial charge in [0.15, 0.2) is 0 Å². The molecule has 0 aromatic heterocycles. The van der Waals surface area contributed by atoms with Gasteiger partial charge in [0, 0.05) is 25.7 Å². The maximum Gasteiger partial charge on any atom is 0.0588 e. The Kier molecular flexibility index (Phi) is 3.99. The van der Waals surface area contributed by atoms with Crippen molar-refractivity contribution in [2.24, 2.45) is 5.92 Å². The van der Waals surface area contributed by atoms with Crippen LogP contribution in [-0.4, -0.2) is 49.8 Å². The lowest BCUT2D eigenvalue weighted by Crippen LogP contribution is -2.40. The van der Waals surface area contributed by atoms with Crippen LogP contribution in [0.3, 0.4) is 0 Å². The normalized spacial score (nSPS) is 36.0. The van der Waals surface area contributed by atoms with Crippen LogP contribution in [0.2, 0.25) is 0 Å². The molecule has 3 heteroatoms. The van der Waals surface area contributed by atoms with Crippen LogP contribution in [0.25, 0.3) is 0 Å². The van der Waals surface area contributed by atoms with Crippen LogP contribution in [0.1, 0.15) is 38.5 Å². The highest BCUT2D eigenvalue weighted by Crippen LogP contribution is 2.33. The van der Waals surface area contributed by atoms with Crippen molar-refractivity contribution in [2.45, 2.75) is 50.7 Å². The average Bonchev–Trinajstić information content (AvgIpc) is 3.09. The summed E-state index contributed by atoms with van der Waals surface area (Å²) in [5.74, 6) is 0.985. The average molecular weight is 238 g/mol. The number of ether oxygens (including phenoxy) is 1. The summed E-state index contributed by atoms with van der Waals surface area (Å²) in [5, 5.41) is 3.73. The van der Waals surface area contributed by atoms with Crippen LogP contribution in [0.4, 0.5) is 0 Å². The monoisotopic (exact) mass is 238 g/mol. The second-order valence-corrected chi connectivity index (χ2v) is 5.98. The predicted octanol–water partition coefficient (Wildman–Crippen LogP) is 1.63. The molecule has 1 saturated carbocycles. The first-order chi connectivity index (χ1) is 8.42. The molecule has 0 spiro atoms. The Hall–Kier alpha value is -0.120. The first-order valence-electron chi connectivity index (χ1n) is 7.49. The summed E-state index contributed by atoms with van der Waals surface area (Å²) in [7, 11) is 0. The van der Waals surface area contributed by atoms with Gasteiger partial charge in [0.2, 0.25) is 0 Å². The van der Waals surface area contributed by atoms with Crippen LogP contribution < -0.4 is 5.32 Å². The quantitative estimate of drug-likeness (QED) is 0.805. The molecule has 2 unspecified atom stereocenters. The van der Waals surface area contributed by atoms with Gasteiger partial charge in [-0.15, -0.1) is 0 Å². The van der Waals surface area contributed by atoms with Crippen LogP contribution >= 0.6 is 0 Å². The van der Waals surface area contributed by atoms with Crippen molar-refractivity contribution in [3.8, 4) is 0 Å². The molecule has 3 nitrogen and oxygen atoms in total. The van der Waals surface area contributed by atoms with E-state index in [2.05, 4.69) is 10.2 Å². The van der Waals surface area contributed by atoms with Crippen molar-refractivity contribution >= 4 is 0 Å². The summed E-state index contributed by atoms with van der Waals surface area (Å²) < 4.78 is 5.72. The summed E-state index contributed by atoms with van der Waals surface area (Å²) in [6, 6.07) is 0.780. The molecule has 0 amide bonds. The fraction of sp³-hybridized carbons (Fsp3) is 1.00. The van der Waals surface area contributed by atoms with E-state index in [1.807, 2.05) is 0 Å². The predicted molar refractivity (Wildman–Crippen MR) is 69.2 cm³/mol. The van der Waals surface area contributed by atoms with Gasteiger partial charge in [-0.25, -0.2) is 0 Å². The van der Waals surface area contributed by atoms with Crippen LogP contribution in [0, 0.1) is 5.92 Å². The third-order valence-electron chi connectivity index (χ3n) is 4.49. The van der Waals surface area contributed by atoms with E-state index in [0.29, 0.717) is 6.10 Å². The summed E-state index contributed by atoms with van der Waals surface area (Å²) in [6.45, 7) is 6.02. The Labute approximate surface area is 105 Å². The Balaban J connectivity index is 1.43. The molecule has 3 rings (SSSR count). The molecule has 3 fully saturated rings. The van der Waals surface area contributed by atoms with E-state index >= 15 is 0 Å². The van der Waals surface area contributed by atoms with Crippen molar-refractivity contribution in [3.63, 3.8) is 0 Å². The number of rotatable bonds is 4. The highest BCUT2D eigenvalue weighted by Gasteiger charge is 2.33. The lowest BCUT2D eigenvalue weighted by molar-refractivity contribution is 0.0913. The smallest absolute Gasteiger partial charge is 0.0588 e. The fourth-order valence-corrected chi connectivity index (χ4v) is 3.24. The summed E-state index contributed by atoms with van der Waals surface area (Å²) >= 11 is 0. The van der Waals surface area contributed by atoms with Crippen LogP contribution in [-0.2, 0) is 4.74 Å². The van der Waals surface area contributed by atoms with Crippen molar-refractivity contribution < 1.29 is 4.74 Å². The van der Waals surface area contributed by atoms with E-state index in [1.54, 1.807) is 0 Å². The molecular formula is C14H26N2O. The molecule has 2 heterocycles. The van der Waals surface area contributed by atoms with E-state index in [1.165, 1.54) is 64.7 Å². The molecule has 0 radical (unpaired) electrons. The molecule has 98 valence electrons. The topological polar surface area (TPSA) is 24.5 Å². The summed E-state index contributed by atoms with van der Waals surface area (Å²) in [6.07, 6.45) is 8.60.